The molecule has 0 aromatic heterocycles. The fourth-order valence-corrected chi connectivity index (χ4v) is 1.94. The number of carbonyl (C=O) groups excluding carboxylic acids is 1. The summed E-state index contributed by atoms with van der Waals surface area (Å²) in [7, 11) is 0. The zero-order valence-electron chi connectivity index (χ0n) is 8.26. The Morgan fingerprint density at radius 3 is 3.07 bits per heavy atom. The van der Waals surface area contributed by atoms with Gasteiger partial charge in [-0.05, 0) is 0 Å². The molecular weight excluding hydrogens is 279 g/mol. The first-order valence-electron chi connectivity index (χ1n) is 4.78. The number of amides is 1. The molecular formula is C11H11NO2Ru+. The van der Waals surface area contributed by atoms with Crippen molar-refractivity contribution in [2.75, 3.05) is 5.32 Å². The van der Waals surface area contributed by atoms with Crippen LogP contribution in [-0.2, 0) is 22.6 Å². The van der Waals surface area contributed by atoms with E-state index < -0.39 is 0 Å². The average molecular weight is 290 g/mol. The normalized spacial score (nSPS) is 18.7. The van der Waals surface area contributed by atoms with Gasteiger partial charge < -0.3 is 0 Å². The van der Waals surface area contributed by atoms with Crippen molar-refractivity contribution in [2.45, 2.75) is 19.4 Å². The van der Waals surface area contributed by atoms with Crippen molar-refractivity contribution in [3.8, 4) is 5.75 Å². The summed E-state index contributed by atoms with van der Waals surface area (Å²) in [5.41, 5.74) is 1.74. The van der Waals surface area contributed by atoms with Gasteiger partial charge in [0.2, 0.25) is 0 Å². The number of carbonyl (C=O) groups is 1. The Labute approximate surface area is 98.0 Å². The molecule has 1 unspecified atom stereocenters. The first kappa shape index (κ1) is 10.5. The summed E-state index contributed by atoms with van der Waals surface area (Å²) in [4.78, 5) is 11.5. The van der Waals surface area contributed by atoms with Gasteiger partial charge in [-0.15, -0.1) is 0 Å². The van der Waals surface area contributed by atoms with E-state index in [0.29, 0.717) is 6.42 Å². The molecule has 1 aliphatic heterocycles. The molecule has 1 N–H and O–H groups in total. The first-order chi connectivity index (χ1) is 7.26. The topological polar surface area (TPSA) is 38.3 Å². The van der Waals surface area contributed by atoms with E-state index in [2.05, 4.69) is 23.2 Å². The van der Waals surface area contributed by atoms with E-state index in [9.17, 15) is 4.79 Å². The van der Waals surface area contributed by atoms with Crippen LogP contribution in [0.2, 0.25) is 0 Å². The Bertz CT molecular complexity index is 417. The van der Waals surface area contributed by atoms with Crippen LogP contribution < -0.4 is 10.1 Å². The van der Waals surface area contributed by atoms with Crippen molar-refractivity contribution in [1.82, 2.24) is 0 Å². The van der Waals surface area contributed by atoms with Crippen molar-refractivity contribution in [3.05, 3.63) is 23.8 Å². The van der Waals surface area contributed by atoms with Crippen LogP contribution in [0.1, 0.15) is 18.9 Å². The molecule has 4 heteroatoms. The molecule has 1 atom stereocenters. The number of hydrogen-bond acceptors (Lipinski definition) is 2. The molecule has 1 aliphatic rings. The summed E-state index contributed by atoms with van der Waals surface area (Å²) < 4.78 is 7.57. The summed E-state index contributed by atoms with van der Waals surface area (Å²) in [5, 5.41) is 2.84. The molecule has 15 heavy (non-hydrogen) atoms. The van der Waals surface area contributed by atoms with Gasteiger partial charge in [-0.1, -0.05) is 0 Å². The monoisotopic (exact) mass is 291 g/mol. The van der Waals surface area contributed by atoms with Crippen LogP contribution in [0.25, 0.3) is 0 Å². The SMILES string of the molecule is CCC1Oc2c([CH]=[Ru+])cccc2NC1=O. The zero-order valence-corrected chi connectivity index (χ0v) is 10.0. The molecule has 0 aliphatic carbocycles. The second kappa shape index (κ2) is 4.23. The van der Waals surface area contributed by atoms with Crippen LogP contribution in [0.3, 0.4) is 0 Å². The van der Waals surface area contributed by atoms with Gasteiger partial charge in [0, 0.05) is 0 Å². The second-order valence-electron chi connectivity index (χ2n) is 3.33. The van der Waals surface area contributed by atoms with Crippen molar-refractivity contribution in [2.24, 2.45) is 0 Å². The van der Waals surface area contributed by atoms with E-state index in [1.165, 1.54) is 0 Å². The van der Waals surface area contributed by atoms with E-state index >= 15 is 0 Å². The van der Waals surface area contributed by atoms with E-state index in [4.69, 9.17) is 4.74 Å². The van der Waals surface area contributed by atoms with Crippen molar-refractivity contribution in [1.29, 1.82) is 0 Å². The third-order valence-corrected chi connectivity index (χ3v) is 2.88. The molecule has 1 aromatic carbocycles. The minimum atomic E-state index is -0.370. The summed E-state index contributed by atoms with van der Waals surface area (Å²) >= 11 is 2.45. The zero-order chi connectivity index (χ0) is 10.8. The Morgan fingerprint density at radius 1 is 1.60 bits per heavy atom. The molecule has 0 saturated carbocycles. The average Bonchev–Trinajstić information content (AvgIpc) is 2.27. The second-order valence-corrected chi connectivity index (χ2v) is 3.83. The number of para-hydroxylation sites is 1. The van der Waals surface area contributed by atoms with Crippen LogP contribution in [-0.4, -0.2) is 16.6 Å². The number of ether oxygens (including phenoxy) is 1. The van der Waals surface area contributed by atoms with Gasteiger partial charge in [-0.25, -0.2) is 0 Å². The van der Waals surface area contributed by atoms with Gasteiger partial charge in [-0.3, -0.25) is 0 Å². The number of rotatable bonds is 2. The predicted molar refractivity (Wildman–Crippen MR) is 54.9 cm³/mol. The summed E-state index contributed by atoms with van der Waals surface area (Å²) in [6.07, 6.45) is 0.308. The van der Waals surface area contributed by atoms with Gasteiger partial charge in [0.1, 0.15) is 0 Å². The van der Waals surface area contributed by atoms with Gasteiger partial charge in [0.15, 0.2) is 0 Å². The number of anilines is 1. The van der Waals surface area contributed by atoms with Gasteiger partial charge in [-0.2, -0.15) is 0 Å². The van der Waals surface area contributed by atoms with Crippen LogP contribution in [0.5, 0.6) is 5.75 Å². The van der Waals surface area contributed by atoms with Crippen molar-refractivity contribution in [3.63, 3.8) is 0 Å². The first-order valence-corrected chi connectivity index (χ1v) is 5.79. The maximum atomic E-state index is 11.5. The Kier molecular flexibility index (Phi) is 2.96. The van der Waals surface area contributed by atoms with E-state index in [-0.39, 0.29) is 12.0 Å². The molecule has 0 saturated heterocycles. The predicted octanol–water partition coefficient (Wildman–Crippen LogP) is 1.49. The van der Waals surface area contributed by atoms with E-state index in [1.54, 1.807) is 0 Å². The molecule has 0 radical (unpaired) electrons. The van der Waals surface area contributed by atoms with Crippen molar-refractivity contribution >= 4 is 16.2 Å². The number of nitrogens with one attached hydrogen (secondary N) is 1. The Hall–Kier alpha value is -1.02. The van der Waals surface area contributed by atoms with Crippen LogP contribution in [0.4, 0.5) is 5.69 Å². The number of fused-ring (bicyclic) bond motifs is 1. The molecule has 2 rings (SSSR count). The molecule has 79 valence electrons. The molecule has 1 amide bonds. The van der Waals surface area contributed by atoms with Crippen LogP contribution in [0, 0.1) is 0 Å². The molecule has 1 aromatic rings. The molecule has 0 bridgehead atoms. The third-order valence-electron chi connectivity index (χ3n) is 2.34. The van der Waals surface area contributed by atoms with Crippen LogP contribution in [0.15, 0.2) is 18.2 Å². The molecule has 0 spiro atoms. The summed E-state index contributed by atoms with van der Waals surface area (Å²) in [6.45, 7) is 1.93. The molecule has 3 nitrogen and oxygen atoms in total. The Morgan fingerprint density at radius 2 is 2.40 bits per heavy atom. The van der Waals surface area contributed by atoms with Gasteiger partial charge in [0.05, 0.1) is 0 Å². The van der Waals surface area contributed by atoms with Crippen LogP contribution >= 0.6 is 0 Å². The molecule has 1 heterocycles. The Balaban J connectivity index is 2.44. The van der Waals surface area contributed by atoms with E-state index in [1.807, 2.05) is 29.7 Å². The quantitative estimate of drug-likeness (QED) is 0.838. The fourth-order valence-electron chi connectivity index (χ4n) is 1.54. The van der Waals surface area contributed by atoms with Gasteiger partial charge >= 0.3 is 97.9 Å². The fraction of sp³-hybridized carbons (Fsp3) is 0.273. The minimum absolute atomic E-state index is 0.0629. The van der Waals surface area contributed by atoms with Gasteiger partial charge in [0.25, 0.3) is 0 Å². The summed E-state index contributed by atoms with van der Waals surface area (Å²) in [6, 6.07) is 5.70. The molecule has 0 fully saturated rings. The summed E-state index contributed by atoms with van der Waals surface area (Å²) in [5.74, 6) is 0.703. The number of hydrogen-bond donors (Lipinski definition) is 1. The standard InChI is InChI=1S/C11H11NO2.Ru/c1-3-9-11(13)12-8-6-4-5-7(2)10(8)14-9;/h2,4-6,9H,3H2,1H3,(H,12,13);/q;+1. The maximum absolute atomic E-state index is 11.5. The van der Waals surface area contributed by atoms with E-state index in [0.717, 1.165) is 17.0 Å². The number of benzene rings is 1. The van der Waals surface area contributed by atoms with Crippen molar-refractivity contribution < 1.29 is 27.4 Å². The third kappa shape index (κ3) is 1.86.